The summed E-state index contributed by atoms with van der Waals surface area (Å²) >= 11 is 0. The molecule has 1 aromatic rings. The first-order valence-corrected chi connectivity index (χ1v) is 4.66. The summed E-state index contributed by atoms with van der Waals surface area (Å²) in [5.74, 6) is 0.222. The summed E-state index contributed by atoms with van der Waals surface area (Å²) in [6, 6.07) is 9.91. The number of nitrogens with zero attached hydrogens (tertiary/aromatic N) is 1. The first-order valence-electron chi connectivity index (χ1n) is 4.66. The number of carbonyl (C=O) groups is 1. The van der Waals surface area contributed by atoms with Crippen molar-refractivity contribution >= 4 is 17.7 Å². The summed E-state index contributed by atoms with van der Waals surface area (Å²) in [5.41, 5.74) is 1.97. The van der Waals surface area contributed by atoms with E-state index in [1.54, 1.807) is 6.21 Å². The van der Waals surface area contributed by atoms with Crippen LogP contribution in [0.4, 0.5) is 0 Å². The Balaban J connectivity index is 2.31. The lowest BCUT2D eigenvalue weighted by molar-refractivity contribution is -0.117. The van der Waals surface area contributed by atoms with E-state index >= 15 is 0 Å². The molecule has 0 amide bonds. The van der Waals surface area contributed by atoms with E-state index in [1.165, 1.54) is 0 Å². The number of ketones is 1. The van der Waals surface area contributed by atoms with Gasteiger partial charge >= 0.3 is 0 Å². The molecule has 2 heteroatoms. The lowest BCUT2D eigenvalue weighted by atomic mass is 10.1. The largest absolute Gasteiger partial charge is 0.299 e. The Morgan fingerprint density at radius 2 is 1.86 bits per heavy atom. The minimum atomic E-state index is 0.222. The maximum absolute atomic E-state index is 11.1. The predicted molar refractivity (Wildman–Crippen MR) is 57.2 cm³/mol. The molecular formula is C12H11NO. The van der Waals surface area contributed by atoms with Crippen LogP contribution in [0.5, 0.6) is 0 Å². The van der Waals surface area contributed by atoms with E-state index < -0.39 is 0 Å². The van der Waals surface area contributed by atoms with Crippen LogP contribution in [0.2, 0.25) is 0 Å². The molecule has 0 atom stereocenters. The van der Waals surface area contributed by atoms with Crippen LogP contribution in [0.25, 0.3) is 5.70 Å². The second kappa shape index (κ2) is 4.01. The number of allylic oxidation sites excluding steroid dienone is 1. The normalized spacial score (nSPS) is 16.3. The van der Waals surface area contributed by atoms with Gasteiger partial charge in [-0.25, -0.2) is 0 Å². The van der Waals surface area contributed by atoms with Crippen LogP contribution in [0.3, 0.4) is 0 Å². The lowest BCUT2D eigenvalue weighted by Crippen LogP contribution is -1.93. The zero-order valence-electron chi connectivity index (χ0n) is 7.81. The molecular weight excluding hydrogens is 174 g/mol. The summed E-state index contributed by atoms with van der Waals surface area (Å²) < 4.78 is 0. The molecule has 0 fully saturated rings. The lowest BCUT2D eigenvalue weighted by Gasteiger charge is -1.98. The van der Waals surface area contributed by atoms with E-state index in [0.717, 1.165) is 11.3 Å². The minimum absolute atomic E-state index is 0.222. The standard InChI is InChI=1S/C12H11NO/c14-11-6-7-12(13-9-8-11)10-4-2-1-3-5-10/h1-5,7,9H,6,8H2. The molecule has 1 aromatic carbocycles. The van der Waals surface area contributed by atoms with Gasteiger partial charge in [-0.05, 0) is 5.56 Å². The minimum Gasteiger partial charge on any atom is -0.299 e. The molecule has 1 aliphatic rings. The molecule has 0 N–H and O–H groups in total. The van der Waals surface area contributed by atoms with Crippen LogP contribution in [0.1, 0.15) is 18.4 Å². The first-order chi connectivity index (χ1) is 6.86. The summed E-state index contributed by atoms with van der Waals surface area (Å²) in [4.78, 5) is 15.4. The van der Waals surface area contributed by atoms with Crippen molar-refractivity contribution in [2.24, 2.45) is 4.99 Å². The van der Waals surface area contributed by atoms with Gasteiger partial charge in [0.2, 0.25) is 0 Å². The highest BCUT2D eigenvalue weighted by molar-refractivity contribution is 5.96. The summed E-state index contributed by atoms with van der Waals surface area (Å²) in [7, 11) is 0. The molecule has 0 unspecified atom stereocenters. The molecule has 2 nitrogen and oxygen atoms in total. The molecule has 0 radical (unpaired) electrons. The zero-order chi connectivity index (χ0) is 9.80. The van der Waals surface area contributed by atoms with Crippen molar-refractivity contribution in [1.29, 1.82) is 0 Å². The van der Waals surface area contributed by atoms with E-state index in [9.17, 15) is 4.79 Å². The predicted octanol–water partition coefficient (Wildman–Crippen LogP) is 2.46. The van der Waals surface area contributed by atoms with Crippen LogP contribution in [0.15, 0.2) is 41.4 Å². The highest BCUT2D eigenvalue weighted by Crippen LogP contribution is 2.17. The third-order valence-electron chi connectivity index (χ3n) is 2.14. The molecule has 70 valence electrons. The van der Waals surface area contributed by atoms with Crippen molar-refractivity contribution < 1.29 is 4.79 Å². The average Bonchev–Trinajstić information content (AvgIpc) is 2.44. The third kappa shape index (κ3) is 1.96. The Morgan fingerprint density at radius 3 is 2.64 bits per heavy atom. The molecule has 1 heterocycles. The van der Waals surface area contributed by atoms with E-state index in [0.29, 0.717) is 12.8 Å². The van der Waals surface area contributed by atoms with Gasteiger partial charge in [-0.2, -0.15) is 0 Å². The molecule has 0 saturated heterocycles. The van der Waals surface area contributed by atoms with E-state index in [-0.39, 0.29) is 5.78 Å². The van der Waals surface area contributed by atoms with Crippen molar-refractivity contribution in [2.75, 3.05) is 0 Å². The zero-order valence-corrected chi connectivity index (χ0v) is 7.81. The second-order valence-corrected chi connectivity index (χ2v) is 3.21. The second-order valence-electron chi connectivity index (χ2n) is 3.21. The van der Waals surface area contributed by atoms with Crippen LogP contribution in [-0.4, -0.2) is 12.0 Å². The van der Waals surface area contributed by atoms with E-state index in [4.69, 9.17) is 0 Å². The van der Waals surface area contributed by atoms with Crippen LogP contribution >= 0.6 is 0 Å². The van der Waals surface area contributed by atoms with Crippen molar-refractivity contribution in [3.05, 3.63) is 42.0 Å². The Morgan fingerprint density at radius 1 is 1.07 bits per heavy atom. The van der Waals surface area contributed by atoms with Gasteiger partial charge in [0.15, 0.2) is 0 Å². The molecule has 1 aliphatic heterocycles. The van der Waals surface area contributed by atoms with Crippen molar-refractivity contribution in [1.82, 2.24) is 0 Å². The van der Waals surface area contributed by atoms with Crippen LogP contribution in [-0.2, 0) is 4.79 Å². The van der Waals surface area contributed by atoms with Crippen LogP contribution in [0, 0.1) is 0 Å². The van der Waals surface area contributed by atoms with Gasteiger partial charge in [0.05, 0.1) is 5.70 Å². The van der Waals surface area contributed by atoms with E-state index in [1.807, 2.05) is 36.4 Å². The number of benzene rings is 1. The smallest absolute Gasteiger partial charge is 0.142 e. The van der Waals surface area contributed by atoms with Gasteiger partial charge in [0.1, 0.15) is 5.78 Å². The molecule has 0 aliphatic carbocycles. The third-order valence-corrected chi connectivity index (χ3v) is 2.14. The highest BCUT2D eigenvalue weighted by atomic mass is 16.1. The van der Waals surface area contributed by atoms with Crippen LogP contribution < -0.4 is 0 Å². The van der Waals surface area contributed by atoms with Gasteiger partial charge in [0.25, 0.3) is 0 Å². The summed E-state index contributed by atoms with van der Waals surface area (Å²) in [5, 5.41) is 0. The summed E-state index contributed by atoms with van der Waals surface area (Å²) in [6.45, 7) is 0. The fourth-order valence-electron chi connectivity index (χ4n) is 1.39. The average molecular weight is 185 g/mol. The first kappa shape index (κ1) is 8.88. The van der Waals surface area contributed by atoms with Gasteiger partial charge in [-0.1, -0.05) is 36.4 Å². The molecule has 2 rings (SSSR count). The van der Waals surface area contributed by atoms with Gasteiger partial charge < -0.3 is 0 Å². The topological polar surface area (TPSA) is 29.4 Å². The Kier molecular flexibility index (Phi) is 2.54. The Labute approximate surface area is 83.0 Å². The number of aliphatic imine (C=N–C) groups is 1. The number of hydrogen-bond acceptors (Lipinski definition) is 2. The van der Waals surface area contributed by atoms with Gasteiger partial charge in [-0.15, -0.1) is 0 Å². The van der Waals surface area contributed by atoms with Crippen molar-refractivity contribution in [2.45, 2.75) is 12.8 Å². The monoisotopic (exact) mass is 185 g/mol. The van der Waals surface area contributed by atoms with Crippen molar-refractivity contribution in [3.8, 4) is 0 Å². The molecule has 0 bridgehead atoms. The molecule has 0 saturated carbocycles. The van der Waals surface area contributed by atoms with E-state index in [2.05, 4.69) is 4.99 Å². The SMILES string of the molecule is O=C1CC=NC(c2ccccc2)=CC1. The highest BCUT2D eigenvalue weighted by Gasteiger charge is 2.05. The quantitative estimate of drug-likeness (QED) is 0.660. The molecule has 14 heavy (non-hydrogen) atoms. The van der Waals surface area contributed by atoms with Gasteiger partial charge in [-0.3, -0.25) is 9.79 Å². The fourth-order valence-corrected chi connectivity index (χ4v) is 1.39. The Hall–Kier alpha value is -1.70. The maximum atomic E-state index is 11.1. The number of hydrogen-bond donors (Lipinski definition) is 0. The fraction of sp³-hybridized carbons (Fsp3) is 0.167. The number of rotatable bonds is 1. The molecule has 0 spiro atoms. The molecule has 0 aromatic heterocycles. The van der Waals surface area contributed by atoms with Gasteiger partial charge in [0, 0.05) is 19.1 Å². The van der Waals surface area contributed by atoms with Crippen molar-refractivity contribution in [3.63, 3.8) is 0 Å². The number of carbonyl (C=O) groups excluding carboxylic acids is 1. The maximum Gasteiger partial charge on any atom is 0.142 e. The Bertz CT molecular complexity index is 390. The number of Topliss-reactive ketones (excluding diaryl/α,β-unsaturated/α-hetero) is 1. The summed E-state index contributed by atoms with van der Waals surface area (Å²) in [6.07, 6.45) is 4.52.